The maximum Gasteiger partial charge on any atom is 0.197 e. The topological polar surface area (TPSA) is 61.0 Å². The molecular formula is C23H21F2N3O2. The molecule has 1 saturated carbocycles. The van der Waals surface area contributed by atoms with Crippen molar-refractivity contribution in [3.05, 3.63) is 64.1 Å². The van der Waals surface area contributed by atoms with Crippen molar-refractivity contribution < 1.29 is 17.9 Å². The lowest BCUT2D eigenvalue weighted by molar-refractivity contribution is -0.00903. The zero-order chi connectivity index (χ0) is 20.8. The summed E-state index contributed by atoms with van der Waals surface area (Å²) < 4.78 is 39.6. The number of ether oxygens (including phenoxy) is 1. The summed E-state index contributed by atoms with van der Waals surface area (Å²) in [7, 11) is 0. The lowest BCUT2D eigenvalue weighted by Crippen LogP contribution is -2.32. The molecule has 5 nitrogen and oxygen atoms in total. The van der Waals surface area contributed by atoms with Crippen LogP contribution in [0, 0.1) is 11.6 Å². The minimum Gasteiger partial charge on any atom is -0.443 e. The molecule has 0 spiro atoms. The molecule has 1 aromatic carbocycles. The van der Waals surface area contributed by atoms with Crippen LogP contribution in [0.2, 0.25) is 0 Å². The highest BCUT2D eigenvalue weighted by Gasteiger charge is 2.33. The van der Waals surface area contributed by atoms with Gasteiger partial charge in [0.05, 0.1) is 17.2 Å². The van der Waals surface area contributed by atoms with Crippen LogP contribution in [0.25, 0.3) is 24.4 Å². The summed E-state index contributed by atoms with van der Waals surface area (Å²) in [6, 6.07) is 3.41. The van der Waals surface area contributed by atoms with E-state index in [9.17, 15) is 8.78 Å². The fraction of sp³-hybridized carbons (Fsp3) is 0.348. The molecule has 154 valence electrons. The molecule has 2 aromatic heterocycles. The minimum atomic E-state index is -0.692. The molecule has 1 saturated heterocycles. The Morgan fingerprint density at radius 1 is 1.03 bits per heavy atom. The van der Waals surface area contributed by atoms with E-state index in [4.69, 9.17) is 9.15 Å². The van der Waals surface area contributed by atoms with Gasteiger partial charge in [0.15, 0.2) is 11.7 Å². The summed E-state index contributed by atoms with van der Waals surface area (Å²) in [5.41, 5.74) is 0.518. The molecule has 1 aliphatic heterocycles. The third kappa shape index (κ3) is 3.54. The molecular weight excluding hydrogens is 388 g/mol. The molecule has 0 radical (unpaired) electrons. The average molecular weight is 409 g/mol. The van der Waals surface area contributed by atoms with Crippen molar-refractivity contribution in [3.63, 3.8) is 0 Å². The second-order valence-electron chi connectivity index (χ2n) is 7.94. The maximum atomic E-state index is 14.4. The molecule has 0 N–H and O–H groups in total. The monoisotopic (exact) mass is 409 g/mol. The van der Waals surface area contributed by atoms with Crippen LogP contribution in [0.5, 0.6) is 0 Å². The molecule has 3 heterocycles. The first-order chi connectivity index (χ1) is 14.5. The number of hydrogen-bond donors (Lipinski definition) is 0. The summed E-state index contributed by atoms with van der Waals surface area (Å²) in [6.45, 7) is 8.41. The van der Waals surface area contributed by atoms with E-state index in [2.05, 4.69) is 28.1 Å². The van der Waals surface area contributed by atoms with Crippen molar-refractivity contribution in [2.24, 2.45) is 0 Å². The van der Waals surface area contributed by atoms with Gasteiger partial charge in [-0.1, -0.05) is 13.2 Å². The van der Waals surface area contributed by atoms with Gasteiger partial charge < -0.3 is 9.15 Å². The molecule has 0 unspecified atom stereocenters. The van der Waals surface area contributed by atoms with Crippen molar-refractivity contribution >= 4 is 13.2 Å². The summed E-state index contributed by atoms with van der Waals surface area (Å²) in [5.74, 6) is 1.15. The Hall–Kier alpha value is -2.93. The van der Waals surface area contributed by atoms with Crippen molar-refractivity contribution in [1.29, 1.82) is 0 Å². The third-order valence-corrected chi connectivity index (χ3v) is 5.73. The highest BCUT2D eigenvalue weighted by molar-refractivity contribution is 5.60. The van der Waals surface area contributed by atoms with Crippen LogP contribution >= 0.6 is 0 Å². The van der Waals surface area contributed by atoms with Crippen LogP contribution in [0.3, 0.4) is 0 Å². The predicted octanol–water partition coefficient (Wildman–Crippen LogP) is 3.74. The number of hydrogen-bond acceptors (Lipinski definition) is 5. The molecule has 1 aliphatic carbocycles. The van der Waals surface area contributed by atoms with Crippen molar-refractivity contribution in [3.8, 4) is 11.3 Å². The molecule has 5 rings (SSSR count). The highest BCUT2D eigenvalue weighted by Crippen LogP contribution is 2.42. The molecule has 3 aromatic rings. The van der Waals surface area contributed by atoms with Gasteiger partial charge in [0.2, 0.25) is 0 Å². The van der Waals surface area contributed by atoms with Gasteiger partial charge in [0.25, 0.3) is 0 Å². The third-order valence-electron chi connectivity index (χ3n) is 5.73. The number of nitrogens with zero attached hydrogens (tertiary/aromatic N) is 3. The van der Waals surface area contributed by atoms with Crippen LogP contribution in [0.1, 0.15) is 61.1 Å². The molecule has 30 heavy (non-hydrogen) atoms. The normalized spacial score (nSPS) is 21.7. The van der Waals surface area contributed by atoms with Gasteiger partial charge in [-0.15, -0.1) is 0 Å². The molecule has 2 fully saturated rings. The Morgan fingerprint density at radius 2 is 1.87 bits per heavy atom. The zero-order valence-electron chi connectivity index (χ0n) is 16.4. The van der Waals surface area contributed by atoms with E-state index in [0.29, 0.717) is 41.0 Å². The Balaban J connectivity index is 1.46. The lowest BCUT2D eigenvalue weighted by atomic mass is 9.93. The average Bonchev–Trinajstić information content (AvgIpc) is 3.47. The first-order valence-corrected chi connectivity index (χ1v) is 10.1. The molecule has 0 amide bonds. The fourth-order valence-electron chi connectivity index (χ4n) is 3.83. The van der Waals surface area contributed by atoms with Gasteiger partial charge in [-0.25, -0.2) is 23.7 Å². The zero-order valence-corrected chi connectivity index (χ0v) is 16.4. The quantitative estimate of drug-likeness (QED) is 0.657. The number of rotatable bonds is 4. The van der Waals surface area contributed by atoms with Crippen LogP contribution < -0.4 is 10.6 Å². The van der Waals surface area contributed by atoms with E-state index in [1.54, 1.807) is 6.20 Å². The van der Waals surface area contributed by atoms with E-state index in [1.807, 2.05) is 0 Å². The summed E-state index contributed by atoms with van der Waals surface area (Å²) in [5, 5.41) is 0.856. The van der Waals surface area contributed by atoms with Crippen LogP contribution in [0.4, 0.5) is 8.78 Å². The molecule has 2 aliphatic rings. The lowest BCUT2D eigenvalue weighted by Gasteiger charge is -2.27. The van der Waals surface area contributed by atoms with Crippen LogP contribution in [-0.2, 0) is 4.74 Å². The second kappa shape index (κ2) is 7.40. The first-order valence-electron chi connectivity index (χ1n) is 10.1. The second-order valence-corrected chi connectivity index (χ2v) is 7.94. The SMILES string of the molecule is C=c1nc([C@H]2CCO[C@H](c3cnc(C4CC4)o3)C2)nc(-c2ccc(F)cc2F)c1=C. The standard InChI is InChI=1S/C23H21F2N3O2/c1-12-13(2)27-22(28-21(12)17-6-5-16(24)10-18(17)25)15-7-8-29-19(9-15)20-11-26-23(30-20)14-3-4-14/h5-6,10-11,14-15,19H,1-4,7-9H2/t15-,19-/m0/s1. The Bertz CT molecular complexity index is 1210. The number of benzene rings is 1. The van der Waals surface area contributed by atoms with Crippen LogP contribution in [0.15, 0.2) is 28.8 Å². The van der Waals surface area contributed by atoms with Gasteiger partial charge in [0.1, 0.15) is 23.6 Å². The maximum absolute atomic E-state index is 14.4. The smallest absolute Gasteiger partial charge is 0.197 e. The van der Waals surface area contributed by atoms with Crippen molar-refractivity contribution in [1.82, 2.24) is 15.0 Å². The van der Waals surface area contributed by atoms with Crippen molar-refractivity contribution in [2.75, 3.05) is 6.61 Å². The number of halogens is 2. The number of aromatic nitrogens is 3. The van der Waals surface area contributed by atoms with Gasteiger partial charge in [-0.2, -0.15) is 0 Å². The summed E-state index contributed by atoms with van der Waals surface area (Å²) in [6.07, 6.45) is 5.10. The van der Waals surface area contributed by atoms with E-state index < -0.39 is 11.6 Å². The van der Waals surface area contributed by atoms with Gasteiger partial charge in [0, 0.05) is 35.3 Å². The largest absolute Gasteiger partial charge is 0.443 e. The van der Waals surface area contributed by atoms with E-state index in [-0.39, 0.29) is 17.6 Å². The van der Waals surface area contributed by atoms with Gasteiger partial charge in [-0.3, -0.25) is 0 Å². The van der Waals surface area contributed by atoms with E-state index in [1.165, 1.54) is 12.1 Å². The van der Waals surface area contributed by atoms with Crippen LogP contribution in [-0.4, -0.2) is 21.6 Å². The summed E-state index contributed by atoms with van der Waals surface area (Å²) in [4.78, 5) is 13.5. The first kappa shape index (κ1) is 19.1. The number of oxazole rings is 1. The fourth-order valence-corrected chi connectivity index (χ4v) is 3.83. The summed E-state index contributed by atoms with van der Waals surface area (Å²) >= 11 is 0. The Morgan fingerprint density at radius 3 is 2.63 bits per heavy atom. The minimum absolute atomic E-state index is 0.0124. The van der Waals surface area contributed by atoms with E-state index >= 15 is 0 Å². The van der Waals surface area contributed by atoms with Gasteiger partial charge >= 0.3 is 0 Å². The van der Waals surface area contributed by atoms with E-state index in [0.717, 1.165) is 37.0 Å². The highest BCUT2D eigenvalue weighted by atomic mass is 19.1. The molecule has 0 bridgehead atoms. The Labute approximate surface area is 172 Å². The molecule has 7 heteroatoms. The molecule has 2 atom stereocenters. The Kier molecular flexibility index (Phi) is 4.70. The van der Waals surface area contributed by atoms with Crippen molar-refractivity contribution in [2.45, 2.75) is 43.6 Å². The van der Waals surface area contributed by atoms with Gasteiger partial charge in [-0.05, 0) is 37.8 Å². The predicted molar refractivity (Wildman–Crippen MR) is 107 cm³/mol.